The zero-order chi connectivity index (χ0) is 9.68. The fourth-order valence-electron chi connectivity index (χ4n) is 1.39. The molecule has 1 rings (SSSR count). The molecule has 13 heavy (non-hydrogen) atoms. The van der Waals surface area contributed by atoms with Gasteiger partial charge in [-0.25, -0.2) is 0 Å². The van der Waals surface area contributed by atoms with E-state index in [1.54, 1.807) is 0 Å². The quantitative estimate of drug-likeness (QED) is 0.816. The van der Waals surface area contributed by atoms with Gasteiger partial charge < -0.3 is 5.32 Å². The molecular formula is C10H16INS. The van der Waals surface area contributed by atoms with Gasteiger partial charge in [-0.3, -0.25) is 0 Å². The van der Waals surface area contributed by atoms with Gasteiger partial charge in [0.15, 0.2) is 0 Å². The Balaban J connectivity index is 2.56. The van der Waals surface area contributed by atoms with E-state index in [2.05, 4.69) is 46.3 Å². The van der Waals surface area contributed by atoms with E-state index in [1.807, 2.05) is 18.4 Å². The first-order valence-electron chi connectivity index (χ1n) is 4.69. The SMILES string of the molecule is CCCCC(NC)c1csc(I)c1. The summed E-state index contributed by atoms with van der Waals surface area (Å²) in [6, 6.07) is 2.84. The summed E-state index contributed by atoms with van der Waals surface area (Å²) in [6.07, 6.45) is 3.83. The number of thiophene rings is 1. The Morgan fingerprint density at radius 3 is 2.85 bits per heavy atom. The molecule has 3 heteroatoms. The van der Waals surface area contributed by atoms with Crippen LogP contribution in [0.5, 0.6) is 0 Å². The van der Waals surface area contributed by atoms with Crippen LogP contribution < -0.4 is 5.32 Å². The zero-order valence-corrected chi connectivity index (χ0v) is 11.1. The van der Waals surface area contributed by atoms with Gasteiger partial charge in [-0.2, -0.15) is 0 Å². The Morgan fingerprint density at radius 1 is 1.62 bits per heavy atom. The molecule has 74 valence electrons. The first-order chi connectivity index (χ1) is 6.27. The first-order valence-corrected chi connectivity index (χ1v) is 6.65. The molecule has 1 N–H and O–H groups in total. The van der Waals surface area contributed by atoms with Crippen LogP contribution in [0.15, 0.2) is 11.4 Å². The number of nitrogens with one attached hydrogen (secondary N) is 1. The fourth-order valence-corrected chi connectivity index (χ4v) is 2.82. The molecule has 0 aliphatic carbocycles. The van der Waals surface area contributed by atoms with Crippen LogP contribution in [0.1, 0.15) is 37.8 Å². The van der Waals surface area contributed by atoms with Crippen LogP contribution in [0.4, 0.5) is 0 Å². The number of unbranched alkanes of at least 4 members (excludes halogenated alkanes) is 1. The summed E-state index contributed by atoms with van der Waals surface area (Å²) >= 11 is 4.21. The summed E-state index contributed by atoms with van der Waals surface area (Å²) in [7, 11) is 2.05. The molecule has 0 bridgehead atoms. The van der Waals surface area contributed by atoms with Crippen molar-refractivity contribution in [3.63, 3.8) is 0 Å². The number of hydrogen-bond donors (Lipinski definition) is 1. The van der Waals surface area contributed by atoms with E-state index >= 15 is 0 Å². The van der Waals surface area contributed by atoms with E-state index in [-0.39, 0.29) is 0 Å². The van der Waals surface area contributed by atoms with Crippen molar-refractivity contribution >= 4 is 33.9 Å². The molecular weight excluding hydrogens is 293 g/mol. The van der Waals surface area contributed by atoms with Gasteiger partial charge in [0.25, 0.3) is 0 Å². The average Bonchev–Trinajstić information content (AvgIpc) is 2.54. The zero-order valence-electron chi connectivity index (χ0n) is 8.14. The summed E-state index contributed by atoms with van der Waals surface area (Å²) < 4.78 is 1.38. The van der Waals surface area contributed by atoms with Crippen molar-refractivity contribution in [2.45, 2.75) is 32.2 Å². The molecule has 0 spiro atoms. The minimum Gasteiger partial charge on any atom is -0.313 e. The molecule has 1 nitrogen and oxygen atoms in total. The highest BCUT2D eigenvalue weighted by Crippen LogP contribution is 2.25. The lowest BCUT2D eigenvalue weighted by Gasteiger charge is -2.13. The highest BCUT2D eigenvalue weighted by molar-refractivity contribution is 14.1. The van der Waals surface area contributed by atoms with Crippen LogP contribution in [0.2, 0.25) is 0 Å². The summed E-state index contributed by atoms with van der Waals surface area (Å²) in [5, 5.41) is 5.63. The molecule has 1 unspecified atom stereocenters. The van der Waals surface area contributed by atoms with Gasteiger partial charge in [-0.15, -0.1) is 11.3 Å². The maximum Gasteiger partial charge on any atom is 0.0656 e. The van der Waals surface area contributed by atoms with E-state index < -0.39 is 0 Å². The smallest absolute Gasteiger partial charge is 0.0656 e. The number of halogens is 1. The second-order valence-corrected chi connectivity index (χ2v) is 5.97. The van der Waals surface area contributed by atoms with E-state index in [0.717, 1.165) is 0 Å². The van der Waals surface area contributed by atoms with Gasteiger partial charge in [-0.1, -0.05) is 19.8 Å². The van der Waals surface area contributed by atoms with Gasteiger partial charge in [0.05, 0.1) is 2.88 Å². The minimum absolute atomic E-state index is 0.555. The third-order valence-corrected chi connectivity index (χ3v) is 3.99. The summed E-state index contributed by atoms with van der Waals surface area (Å²) in [4.78, 5) is 0. The second-order valence-electron chi connectivity index (χ2n) is 3.17. The molecule has 0 aliphatic heterocycles. The van der Waals surface area contributed by atoms with Crippen molar-refractivity contribution in [2.75, 3.05) is 7.05 Å². The third kappa shape index (κ3) is 3.56. The predicted octanol–water partition coefficient (Wildman–Crippen LogP) is 3.80. The summed E-state index contributed by atoms with van der Waals surface area (Å²) in [5.74, 6) is 0. The molecule has 0 radical (unpaired) electrons. The topological polar surface area (TPSA) is 12.0 Å². The average molecular weight is 309 g/mol. The molecule has 0 saturated heterocycles. The first kappa shape index (κ1) is 11.5. The second kappa shape index (κ2) is 5.98. The molecule has 1 heterocycles. The Labute approximate surface area is 98.1 Å². The summed E-state index contributed by atoms with van der Waals surface area (Å²) in [6.45, 7) is 2.24. The number of rotatable bonds is 5. The van der Waals surface area contributed by atoms with Crippen molar-refractivity contribution in [1.82, 2.24) is 5.32 Å². The van der Waals surface area contributed by atoms with Crippen molar-refractivity contribution in [2.24, 2.45) is 0 Å². The lowest BCUT2D eigenvalue weighted by Crippen LogP contribution is -2.15. The van der Waals surface area contributed by atoms with E-state index in [9.17, 15) is 0 Å². The lowest BCUT2D eigenvalue weighted by atomic mass is 10.0. The molecule has 1 aromatic heterocycles. The maximum absolute atomic E-state index is 3.37. The number of hydrogen-bond acceptors (Lipinski definition) is 2. The molecule has 0 aromatic carbocycles. The van der Waals surface area contributed by atoms with Crippen LogP contribution in [0.3, 0.4) is 0 Å². The molecule has 0 saturated carbocycles. The Kier molecular flexibility index (Phi) is 5.28. The normalized spacial score (nSPS) is 13.2. The highest BCUT2D eigenvalue weighted by atomic mass is 127. The lowest BCUT2D eigenvalue weighted by molar-refractivity contribution is 0.524. The van der Waals surface area contributed by atoms with Crippen LogP contribution in [-0.4, -0.2) is 7.05 Å². The van der Waals surface area contributed by atoms with Gasteiger partial charge >= 0.3 is 0 Å². The van der Waals surface area contributed by atoms with Crippen molar-refractivity contribution in [3.05, 3.63) is 19.9 Å². The fraction of sp³-hybridized carbons (Fsp3) is 0.600. The van der Waals surface area contributed by atoms with Crippen molar-refractivity contribution < 1.29 is 0 Å². The van der Waals surface area contributed by atoms with Crippen LogP contribution in [-0.2, 0) is 0 Å². The minimum atomic E-state index is 0.555. The Hall–Kier alpha value is 0.390. The van der Waals surface area contributed by atoms with Gasteiger partial charge in [0, 0.05) is 6.04 Å². The van der Waals surface area contributed by atoms with Crippen LogP contribution in [0, 0.1) is 2.88 Å². The van der Waals surface area contributed by atoms with Gasteiger partial charge in [0.2, 0.25) is 0 Å². The van der Waals surface area contributed by atoms with E-state index in [1.165, 1.54) is 27.7 Å². The van der Waals surface area contributed by atoms with Crippen LogP contribution >= 0.6 is 33.9 Å². The molecule has 0 amide bonds. The highest BCUT2D eigenvalue weighted by Gasteiger charge is 2.09. The molecule has 0 aliphatic rings. The molecule has 1 aromatic rings. The Morgan fingerprint density at radius 2 is 2.38 bits per heavy atom. The van der Waals surface area contributed by atoms with Crippen molar-refractivity contribution in [3.8, 4) is 0 Å². The van der Waals surface area contributed by atoms with Gasteiger partial charge in [-0.05, 0) is 53.1 Å². The van der Waals surface area contributed by atoms with Crippen LogP contribution in [0.25, 0.3) is 0 Å². The molecule has 1 atom stereocenters. The van der Waals surface area contributed by atoms with Gasteiger partial charge in [0.1, 0.15) is 0 Å². The van der Waals surface area contributed by atoms with E-state index in [0.29, 0.717) is 6.04 Å². The molecule has 0 fully saturated rings. The monoisotopic (exact) mass is 309 g/mol. The standard InChI is InChI=1S/C10H16INS/c1-3-4-5-9(12-2)8-6-10(11)13-7-8/h6-7,9,12H,3-5H2,1-2H3. The largest absolute Gasteiger partial charge is 0.313 e. The summed E-state index contributed by atoms with van der Waals surface area (Å²) in [5.41, 5.74) is 1.45. The maximum atomic E-state index is 3.37. The predicted molar refractivity (Wildman–Crippen MR) is 68.4 cm³/mol. The Bertz CT molecular complexity index is 247. The van der Waals surface area contributed by atoms with Crippen molar-refractivity contribution in [1.29, 1.82) is 0 Å². The third-order valence-electron chi connectivity index (χ3n) is 2.18. The van der Waals surface area contributed by atoms with E-state index in [4.69, 9.17) is 0 Å².